The van der Waals surface area contributed by atoms with Crippen LogP contribution in [-0.2, 0) is 27.8 Å². The van der Waals surface area contributed by atoms with E-state index in [-0.39, 0.29) is 23.5 Å². The van der Waals surface area contributed by atoms with Crippen molar-refractivity contribution in [3.05, 3.63) is 94.0 Å². The molecular weight excluding hydrogens is 420 g/mol. The number of sulfonamides is 1. The number of non-ortho nitro benzene ring substituents is 1. The van der Waals surface area contributed by atoms with Crippen LogP contribution in [-0.4, -0.2) is 34.8 Å². The molecule has 31 heavy (non-hydrogen) atoms. The summed E-state index contributed by atoms with van der Waals surface area (Å²) in [5.41, 5.74) is 2.96. The highest BCUT2D eigenvalue weighted by molar-refractivity contribution is 7.89. The first-order valence-corrected chi connectivity index (χ1v) is 10.9. The maximum Gasteiger partial charge on any atom is 0.322 e. The molecule has 0 saturated heterocycles. The van der Waals surface area contributed by atoms with Crippen LogP contribution in [0.2, 0.25) is 0 Å². The number of carboxylic acid groups (broad SMARTS) is 1. The van der Waals surface area contributed by atoms with Crippen molar-refractivity contribution in [1.82, 2.24) is 4.31 Å². The number of hydrogen-bond acceptors (Lipinski definition) is 5. The SMILES string of the molecule is O=C(O)C1Cc2ccccc2CN1S(=O)(=O)c1ccc(-c2ccc([N+](=O)[O-])cc2)cc1. The zero-order chi connectivity index (χ0) is 22.2. The van der Waals surface area contributed by atoms with Crippen molar-refractivity contribution in [1.29, 1.82) is 0 Å². The van der Waals surface area contributed by atoms with Crippen molar-refractivity contribution >= 4 is 21.7 Å². The molecule has 0 bridgehead atoms. The lowest BCUT2D eigenvalue weighted by atomic mass is 9.96. The fraction of sp³-hybridized carbons (Fsp3) is 0.136. The molecule has 3 aromatic rings. The number of benzene rings is 3. The van der Waals surface area contributed by atoms with E-state index in [1.54, 1.807) is 42.5 Å². The molecule has 0 fully saturated rings. The zero-order valence-electron chi connectivity index (χ0n) is 16.2. The lowest BCUT2D eigenvalue weighted by Crippen LogP contribution is -2.48. The second-order valence-electron chi connectivity index (χ2n) is 7.21. The van der Waals surface area contributed by atoms with Gasteiger partial charge in [0.15, 0.2) is 0 Å². The molecule has 4 rings (SSSR count). The van der Waals surface area contributed by atoms with E-state index in [4.69, 9.17) is 0 Å². The Bertz CT molecular complexity index is 1250. The van der Waals surface area contributed by atoms with E-state index in [1.165, 1.54) is 24.3 Å². The summed E-state index contributed by atoms with van der Waals surface area (Å²) in [5, 5.41) is 20.4. The molecule has 9 heteroatoms. The van der Waals surface area contributed by atoms with E-state index in [0.29, 0.717) is 11.1 Å². The summed E-state index contributed by atoms with van der Waals surface area (Å²) in [7, 11) is -4.05. The molecule has 1 unspecified atom stereocenters. The second-order valence-corrected chi connectivity index (χ2v) is 9.10. The minimum absolute atomic E-state index is 0.0104. The molecule has 158 valence electrons. The largest absolute Gasteiger partial charge is 0.480 e. The van der Waals surface area contributed by atoms with E-state index in [1.807, 2.05) is 6.07 Å². The summed E-state index contributed by atoms with van der Waals surface area (Å²) in [4.78, 5) is 22.1. The lowest BCUT2D eigenvalue weighted by molar-refractivity contribution is -0.384. The quantitative estimate of drug-likeness (QED) is 0.481. The predicted octanol–water partition coefficient (Wildman–Crippen LogP) is 3.46. The number of rotatable bonds is 5. The van der Waals surface area contributed by atoms with Gasteiger partial charge in [-0.25, -0.2) is 8.42 Å². The van der Waals surface area contributed by atoms with Gasteiger partial charge in [0.2, 0.25) is 10.0 Å². The van der Waals surface area contributed by atoms with Crippen LogP contribution >= 0.6 is 0 Å². The molecule has 1 aliphatic rings. The Kier molecular flexibility index (Phi) is 5.30. The molecule has 0 amide bonds. The topological polar surface area (TPSA) is 118 Å². The van der Waals surface area contributed by atoms with E-state index in [2.05, 4.69) is 0 Å². The van der Waals surface area contributed by atoms with Crippen LogP contribution in [0.25, 0.3) is 11.1 Å². The molecule has 1 atom stereocenters. The average molecular weight is 438 g/mol. The predicted molar refractivity (Wildman–Crippen MR) is 113 cm³/mol. The average Bonchev–Trinajstić information content (AvgIpc) is 2.78. The molecule has 0 radical (unpaired) electrons. The summed E-state index contributed by atoms with van der Waals surface area (Å²) in [6.45, 7) is -0.0143. The molecule has 1 aliphatic heterocycles. The number of nitro benzene ring substituents is 1. The monoisotopic (exact) mass is 438 g/mol. The van der Waals surface area contributed by atoms with Crippen molar-refractivity contribution in [2.24, 2.45) is 0 Å². The maximum absolute atomic E-state index is 13.3. The number of carboxylic acids is 1. The van der Waals surface area contributed by atoms with E-state index in [9.17, 15) is 28.4 Å². The number of aliphatic carboxylic acids is 1. The Labute approximate surface area is 178 Å². The van der Waals surface area contributed by atoms with Gasteiger partial charge in [-0.05, 0) is 46.5 Å². The van der Waals surface area contributed by atoms with Gasteiger partial charge in [-0.2, -0.15) is 4.31 Å². The van der Waals surface area contributed by atoms with Crippen LogP contribution in [0, 0.1) is 10.1 Å². The van der Waals surface area contributed by atoms with Crippen molar-refractivity contribution in [2.75, 3.05) is 0 Å². The minimum Gasteiger partial charge on any atom is -0.480 e. The zero-order valence-corrected chi connectivity index (χ0v) is 17.0. The summed E-state index contributed by atoms with van der Waals surface area (Å²) in [6, 6.07) is 18.0. The number of nitro groups is 1. The van der Waals surface area contributed by atoms with Gasteiger partial charge >= 0.3 is 5.97 Å². The molecule has 0 saturated carbocycles. The van der Waals surface area contributed by atoms with Gasteiger partial charge in [-0.3, -0.25) is 14.9 Å². The molecule has 8 nitrogen and oxygen atoms in total. The fourth-order valence-corrected chi connectivity index (χ4v) is 5.25. The van der Waals surface area contributed by atoms with Crippen molar-refractivity contribution in [2.45, 2.75) is 23.9 Å². The van der Waals surface area contributed by atoms with E-state index < -0.39 is 27.0 Å². The second kappa shape index (κ2) is 7.93. The standard InChI is InChI=1S/C22H18N2O6S/c25-22(26)21-13-17-3-1-2-4-18(17)14-23(21)31(29,30)20-11-7-16(8-12-20)15-5-9-19(10-6-15)24(27)28/h1-12,21H,13-14H2,(H,25,26). The first-order chi connectivity index (χ1) is 14.8. The summed E-state index contributed by atoms with van der Waals surface area (Å²) in [6.07, 6.45) is 0.103. The number of fused-ring (bicyclic) bond motifs is 1. The lowest BCUT2D eigenvalue weighted by Gasteiger charge is -2.33. The minimum atomic E-state index is -4.05. The highest BCUT2D eigenvalue weighted by Crippen LogP contribution is 2.30. The maximum atomic E-state index is 13.3. The van der Waals surface area contributed by atoms with Crippen LogP contribution in [0.3, 0.4) is 0 Å². The van der Waals surface area contributed by atoms with Crippen LogP contribution in [0.15, 0.2) is 77.7 Å². The van der Waals surface area contributed by atoms with Crippen LogP contribution in [0.1, 0.15) is 11.1 Å². The Morgan fingerprint density at radius 1 is 0.935 bits per heavy atom. The third-order valence-corrected chi connectivity index (χ3v) is 7.23. The van der Waals surface area contributed by atoms with Gasteiger partial charge in [0, 0.05) is 25.1 Å². The van der Waals surface area contributed by atoms with Crippen molar-refractivity contribution < 1.29 is 23.2 Å². The first kappa shape index (κ1) is 20.7. The number of hydrogen-bond donors (Lipinski definition) is 1. The Morgan fingerprint density at radius 3 is 2.03 bits per heavy atom. The number of nitrogens with zero attached hydrogens (tertiary/aromatic N) is 2. The molecule has 0 aliphatic carbocycles. The van der Waals surface area contributed by atoms with Crippen LogP contribution in [0.5, 0.6) is 0 Å². The molecular formula is C22H18N2O6S. The summed E-state index contributed by atoms with van der Waals surface area (Å²) < 4.78 is 27.6. The van der Waals surface area contributed by atoms with Gasteiger partial charge in [-0.15, -0.1) is 0 Å². The normalized spacial score (nSPS) is 16.5. The van der Waals surface area contributed by atoms with Gasteiger partial charge in [0.25, 0.3) is 5.69 Å². The summed E-state index contributed by atoms with van der Waals surface area (Å²) in [5.74, 6) is -1.19. The Hall–Kier alpha value is -3.56. The van der Waals surface area contributed by atoms with E-state index >= 15 is 0 Å². The molecule has 3 aromatic carbocycles. The molecule has 1 N–H and O–H groups in total. The molecule has 1 heterocycles. The van der Waals surface area contributed by atoms with E-state index in [0.717, 1.165) is 15.4 Å². The molecule has 0 spiro atoms. The van der Waals surface area contributed by atoms with Crippen LogP contribution in [0.4, 0.5) is 5.69 Å². The Balaban J connectivity index is 1.65. The van der Waals surface area contributed by atoms with Crippen LogP contribution < -0.4 is 0 Å². The highest BCUT2D eigenvalue weighted by atomic mass is 32.2. The third kappa shape index (κ3) is 3.92. The Morgan fingerprint density at radius 2 is 1.48 bits per heavy atom. The fourth-order valence-electron chi connectivity index (χ4n) is 3.69. The van der Waals surface area contributed by atoms with Gasteiger partial charge < -0.3 is 5.11 Å². The molecule has 0 aromatic heterocycles. The van der Waals surface area contributed by atoms with Crippen molar-refractivity contribution in [3.8, 4) is 11.1 Å². The van der Waals surface area contributed by atoms with Gasteiger partial charge in [0.05, 0.1) is 9.82 Å². The van der Waals surface area contributed by atoms with Crippen molar-refractivity contribution in [3.63, 3.8) is 0 Å². The van der Waals surface area contributed by atoms with Gasteiger partial charge in [0.1, 0.15) is 6.04 Å². The first-order valence-electron chi connectivity index (χ1n) is 9.44. The smallest absolute Gasteiger partial charge is 0.322 e. The summed E-state index contributed by atoms with van der Waals surface area (Å²) >= 11 is 0. The van der Waals surface area contributed by atoms with Gasteiger partial charge in [-0.1, -0.05) is 36.4 Å². The number of carbonyl (C=O) groups is 1. The third-order valence-electron chi connectivity index (χ3n) is 5.36. The highest BCUT2D eigenvalue weighted by Gasteiger charge is 2.39.